The molecule has 0 radical (unpaired) electrons. The predicted octanol–water partition coefficient (Wildman–Crippen LogP) is 4.37. The zero-order valence-corrected chi connectivity index (χ0v) is 12.0. The fraction of sp³-hybridized carbons (Fsp3) is 0.812. The van der Waals surface area contributed by atoms with Crippen LogP contribution in [0.4, 0.5) is 0 Å². The molecule has 0 amide bonds. The van der Waals surface area contributed by atoms with E-state index in [1.807, 2.05) is 0 Å². The Bertz CT molecular complexity index is 366. The average Bonchev–Trinajstić information content (AvgIpc) is 2.53. The molecule has 3 atom stereocenters. The Labute approximate surface area is 106 Å². The quantitative estimate of drug-likeness (QED) is 0.648. The van der Waals surface area contributed by atoms with E-state index >= 15 is 0 Å². The number of carbonyl (C=O) groups excluding carboxylic acids is 1. The highest BCUT2D eigenvalue weighted by molar-refractivity contribution is 5.90. The van der Waals surface area contributed by atoms with Gasteiger partial charge in [-0.2, -0.15) is 0 Å². The van der Waals surface area contributed by atoms with E-state index in [1.54, 1.807) is 0 Å². The molecule has 0 heterocycles. The van der Waals surface area contributed by atoms with Crippen LogP contribution in [0.2, 0.25) is 0 Å². The average molecular weight is 234 g/mol. The number of rotatable bonds is 2. The van der Waals surface area contributed by atoms with Gasteiger partial charge in [0.1, 0.15) is 5.78 Å². The third kappa shape index (κ3) is 1.62. The summed E-state index contributed by atoms with van der Waals surface area (Å²) in [5.74, 6) is 1.31. The molecule has 1 nitrogen and oxygen atoms in total. The van der Waals surface area contributed by atoms with Gasteiger partial charge in [-0.05, 0) is 43.9 Å². The fourth-order valence-electron chi connectivity index (χ4n) is 4.14. The van der Waals surface area contributed by atoms with Crippen LogP contribution in [-0.2, 0) is 4.79 Å². The van der Waals surface area contributed by atoms with Crippen molar-refractivity contribution in [2.24, 2.45) is 22.7 Å². The van der Waals surface area contributed by atoms with Crippen molar-refractivity contribution in [1.82, 2.24) is 0 Å². The number of Topliss-reactive ketones (excluding diaryl/α,β-unsaturated/α-hetero) is 1. The second-order valence-electron chi connectivity index (χ2n) is 6.84. The molecule has 0 saturated heterocycles. The van der Waals surface area contributed by atoms with Crippen LogP contribution in [0.1, 0.15) is 60.3 Å². The molecule has 0 unspecified atom stereocenters. The maximum atomic E-state index is 12.8. The summed E-state index contributed by atoms with van der Waals surface area (Å²) in [6.07, 6.45) is 6.98. The molecule has 96 valence electrons. The van der Waals surface area contributed by atoms with Crippen molar-refractivity contribution in [1.29, 1.82) is 0 Å². The zero-order chi connectivity index (χ0) is 12.8. The minimum atomic E-state index is -0.150. The third-order valence-electron chi connectivity index (χ3n) is 5.57. The normalized spacial score (nSPS) is 41.3. The standard InChI is InChI=1S/C16H26O/c1-11(2)14(17)16-9-7-13(4)15(16,5)8-6-12(3)10-16/h10-11,13H,6-9H2,1-5H3/t13-,15+,16+/m0/s1. The van der Waals surface area contributed by atoms with Crippen LogP contribution in [0.15, 0.2) is 11.6 Å². The van der Waals surface area contributed by atoms with E-state index in [0.717, 1.165) is 6.42 Å². The maximum absolute atomic E-state index is 12.8. The predicted molar refractivity (Wildman–Crippen MR) is 71.8 cm³/mol. The van der Waals surface area contributed by atoms with Gasteiger partial charge in [-0.15, -0.1) is 0 Å². The molecule has 1 fully saturated rings. The van der Waals surface area contributed by atoms with Crippen molar-refractivity contribution in [3.05, 3.63) is 11.6 Å². The molecule has 0 bridgehead atoms. The lowest BCUT2D eigenvalue weighted by molar-refractivity contribution is -0.135. The molecule has 0 aromatic heterocycles. The number of allylic oxidation sites excluding steroid dienone is 2. The number of hydrogen-bond donors (Lipinski definition) is 0. The number of hydrogen-bond acceptors (Lipinski definition) is 1. The highest BCUT2D eigenvalue weighted by Crippen LogP contribution is 2.63. The van der Waals surface area contributed by atoms with E-state index < -0.39 is 0 Å². The maximum Gasteiger partial charge on any atom is 0.145 e. The van der Waals surface area contributed by atoms with Crippen LogP contribution in [0.25, 0.3) is 0 Å². The topological polar surface area (TPSA) is 17.1 Å². The molecular weight excluding hydrogens is 208 g/mol. The summed E-state index contributed by atoms with van der Waals surface area (Å²) in [4.78, 5) is 12.8. The number of fused-ring (bicyclic) bond motifs is 1. The van der Waals surface area contributed by atoms with Gasteiger partial charge < -0.3 is 0 Å². The van der Waals surface area contributed by atoms with E-state index in [9.17, 15) is 4.79 Å². The largest absolute Gasteiger partial charge is 0.298 e. The summed E-state index contributed by atoms with van der Waals surface area (Å²) >= 11 is 0. The summed E-state index contributed by atoms with van der Waals surface area (Å²) in [5, 5.41) is 0. The highest BCUT2D eigenvalue weighted by Gasteiger charge is 2.59. The van der Waals surface area contributed by atoms with Gasteiger partial charge in [0, 0.05) is 5.92 Å². The first-order valence-electron chi connectivity index (χ1n) is 7.06. The number of carbonyl (C=O) groups is 1. The molecule has 2 rings (SSSR count). The Hall–Kier alpha value is -0.590. The first kappa shape index (κ1) is 12.9. The van der Waals surface area contributed by atoms with Gasteiger partial charge in [0.2, 0.25) is 0 Å². The van der Waals surface area contributed by atoms with E-state index in [4.69, 9.17) is 0 Å². The second-order valence-corrected chi connectivity index (χ2v) is 6.84. The van der Waals surface area contributed by atoms with Crippen molar-refractivity contribution < 1.29 is 4.79 Å². The van der Waals surface area contributed by atoms with Crippen molar-refractivity contribution in [3.8, 4) is 0 Å². The Morgan fingerprint density at radius 3 is 2.65 bits per heavy atom. The first-order chi connectivity index (χ1) is 7.83. The first-order valence-corrected chi connectivity index (χ1v) is 7.06. The summed E-state index contributed by atoms with van der Waals surface area (Å²) in [6, 6.07) is 0. The van der Waals surface area contributed by atoms with Gasteiger partial charge in [-0.3, -0.25) is 4.79 Å². The van der Waals surface area contributed by atoms with Crippen molar-refractivity contribution in [2.75, 3.05) is 0 Å². The monoisotopic (exact) mass is 234 g/mol. The van der Waals surface area contributed by atoms with Crippen LogP contribution in [0.3, 0.4) is 0 Å². The minimum Gasteiger partial charge on any atom is -0.298 e. The molecule has 0 aromatic rings. The van der Waals surface area contributed by atoms with Crippen LogP contribution >= 0.6 is 0 Å². The van der Waals surface area contributed by atoms with Crippen LogP contribution in [0, 0.1) is 22.7 Å². The summed E-state index contributed by atoms with van der Waals surface area (Å²) in [7, 11) is 0. The van der Waals surface area contributed by atoms with E-state index in [0.29, 0.717) is 11.7 Å². The van der Waals surface area contributed by atoms with E-state index in [-0.39, 0.29) is 16.7 Å². The molecular formula is C16H26O. The summed E-state index contributed by atoms with van der Waals surface area (Å²) < 4.78 is 0. The number of ketones is 1. The third-order valence-corrected chi connectivity index (χ3v) is 5.57. The van der Waals surface area contributed by atoms with Gasteiger partial charge in [-0.1, -0.05) is 39.3 Å². The molecule has 0 aliphatic heterocycles. The van der Waals surface area contributed by atoms with Gasteiger partial charge in [-0.25, -0.2) is 0 Å². The van der Waals surface area contributed by atoms with Gasteiger partial charge in [0.25, 0.3) is 0 Å². The molecule has 0 N–H and O–H groups in total. The zero-order valence-electron chi connectivity index (χ0n) is 12.0. The van der Waals surface area contributed by atoms with Crippen molar-refractivity contribution in [3.63, 3.8) is 0 Å². The van der Waals surface area contributed by atoms with Gasteiger partial charge in [0.05, 0.1) is 5.41 Å². The SMILES string of the molecule is CC1=C[C@@]2(C(=O)C(C)C)CC[C@H](C)[C@@]2(C)CC1. The lowest BCUT2D eigenvalue weighted by Gasteiger charge is -2.47. The molecule has 0 spiro atoms. The van der Waals surface area contributed by atoms with E-state index in [1.165, 1.54) is 24.8 Å². The highest BCUT2D eigenvalue weighted by atomic mass is 16.1. The Morgan fingerprint density at radius 1 is 1.41 bits per heavy atom. The molecule has 2 aliphatic carbocycles. The van der Waals surface area contributed by atoms with Crippen LogP contribution in [0.5, 0.6) is 0 Å². The summed E-state index contributed by atoms with van der Waals surface area (Å²) in [5.41, 5.74) is 1.47. The fourth-order valence-corrected chi connectivity index (χ4v) is 4.14. The summed E-state index contributed by atoms with van der Waals surface area (Å²) in [6.45, 7) is 11.0. The van der Waals surface area contributed by atoms with Gasteiger partial charge >= 0.3 is 0 Å². The second kappa shape index (κ2) is 3.96. The van der Waals surface area contributed by atoms with E-state index in [2.05, 4.69) is 40.7 Å². The van der Waals surface area contributed by atoms with Crippen molar-refractivity contribution >= 4 is 5.78 Å². The van der Waals surface area contributed by atoms with Gasteiger partial charge in [0.15, 0.2) is 0 Å². The Morgan fingerprint density at radius 2 is 2.06 bits per heavy atom. The lowest BCUT2D eigenvalue weighted by Crippen LogP contribution is -2.46. The van der Waals surface area contributed by atoms with Crippen molar-refractivity contribution in [2.45, 2.75) is 60.3 Å². The molecule has 2 aliphatic rings. The Balaban J connectivity index is 2.52. The minimum absolute atomic E-state index is 0.150. The van der Waals surface area contributed by atoms with Crippen LogP contribution in [-0.4, -0.2) is 5.78 Å². The van der Waals surface area contributed by atoms with Crippen LogP contribution < -0.4 is 0 Å². The molecule has 1 heteroatoms. The molecule has 1 saturated carbocycles. The Kier molecular flexibility index (Phi) is 3.00. The smallest absolute Gasteiger partial charge is 0.145 e. The molecule has 17 heavy (non-hydrogen) atoms. The molecule has 0 aromatic carbocycles. The lowest BCUT2D eigenvalue weighted by atomic mass is 9.55.